The van der Waals surface area contributed by atoms with Crippen molar-refractivity contribution in [2.24, 2.45) is 5.92 Å². The van der Waals surface area contributed by atoms with Gasteiger partial charge in [-0.1, -0.05) is 51.7 Å². The SMILES string of the molecule is C=C/C=C(\C(=C)CC)C(C)C. The average Bonchev–Trinajstić information content (AvgIpc) is 1.98. The first kappa shape index (κ1) is 10.2. The van der Waals surface area contributed by atoms with Gasteiger partial charge in [-0.25, -0.2) is 0 Å². The molecule has 0 amide bonds. The van der Waals surface area contributed by atoms with Gasteiger partial charge in [0.1, 0.15) is 0 Å². The summed E-state index contributed by atoms with van der Waals surface area (Å²) in [5.74, 6) is 0.556. The fraction of sp³-hybridized carbons (Fsp3) is 0.455. The van der Waals surface area contributed by atoms with Crippen molar-refractivity contribution in [3.63, 3.8) is 0 Å². The highest BCUT2D eigenvalue weighted by molar-refractivity contribution is 5.32. The van der Waals surface area contributed by atoms with Crippen molar-refractivity contribution in [3.05, 3.63) is 36.5 Å². The number of hydrogen-bond acceptors (Lipinski definition) is 0. The first-order valence-corrected chi connectivity index (χ1v) is 4.14. The Balaban J connectivity index is 4.47. The quantitative estimate of drug-likeness (QED) is 0.536. The average molecular weight is 150 g/mol. The summed E-state index contributed by atoms with van der Waals surface area (Å²) >= 11 is 0. The maximum absolute atomic E-state index is 4.00. The topological polar surface area (TPSA) is 0 Å². The van der Waals surface area contributed by atoms with Gasteiger partial charge >= 0.3 is 0 Å². The van der Waals surface area contributed by atoms with Gasteiger partial charge in [0.05, 0.1) is 0 Å². The highest BCUT2D eigenvalue weighted by Crippen LogP contribution is 2.20. The third-order valence-electron chi connectivity index (χ3n) is 1.75. The van der Waals surface area contributed by atoms with Crippen molar-refractivity contribution in [2.75, 3.05) is 0 Å². The number of rotatable bonds is 4. The predicted octanol–water partition coefficient (Wildman–Crippen LogP) is 3.72. The zero-order valence-electron chi connectivity index (χ0n) is 7.85. The summed E-state index contributed by atoms with van der Waals surface area (Å²) in [6, 6.07) is 0. The molecule has 0 aromatic heterocycles. The Morgan fingerprint density at radius 2 is 2.00 bits per heavy atom. The molecule has 0 fully saturated rings. The van der Waals surface area contributed by atoms with E-state index in [1.54, 1.807) is 0 Å². The van der Waals surface area contributed by atoms with Crippen molar-refractivity contribution in [1.29, 1.82) is 0 Å². The molecule has 0 N–H and O–H groups in total. The van der Waals surface area contributed by atoms with Crippen LogP contribution < -0.4 is 0 Å². The molecule has 0 aliphatic carbocycles. The molecule has 0 aliphatic heterocycles. The summed E-state index contributed by atoms with van der Waals surface area (Å²) in [5, 5.41) is 0. The molecule has 0 rings (SSSR count). The van der Waals surface area contributed by atoms with Gasteiger partial charge in [-0.3, -0.25) is 0 Å². The molecular formula is C11H18. The lowest BCUT2D eigenvalue weighted by Crippen LogP contribution is -1.95. The molecule has 0 aliphatic rings. The summed E-state index contributed by atoms with van der Waals surface area (Å²) in [7, 11) is 0. The van der Waals surface area contributed by atoms with Gasteiger partial charge in [0.25, 0.3) is 0 Å². The van der Waals surface area contributed by atoms with Gasteiger partial charge in [-0.15, -0.1) is 0 Å². The second-order valence-electron chi connectivity index (χ2n) is 2.97. The van der Waals surface area contributed by atoms with Gasteiger partial charge in [-0.05, 0) is 17.9 Å². The van der Waals surface area contributed by atoms with Gasteiger partial charge in [0.2, 0.25) is 0 Å². The van der Waals surface area contributed by atoms with Crippen LogP contribution in [0.2, 0.25) is 0 Å². The first-order valence-electron chi connectivity index (χ1n) is 4.14. The van der Waals surface area contributed by atoms with E-state index >= 15 is 0 Å². The summed E-state index contributed by atoms with van der Waals surface area (Å²) in [4.78, 5) is 0. The van der Waals surface area contributed by atoms with Crippen LogP contribution in [0.1, 0.15) is 27.2 Å². The summed E-state index contributed by atoms with van der Waals surface area (Å²) in [6.07, 6.45) is 4.91. The smallest absolute Gasteiger partial charge is 0.0216 e. The fourth-order valence-electron chi connectivity index (χ4n) is 1.05. The van der Waals surface area contributed by atoms with Crippen LogP contribution in [0.25, 0.3) is 0 Å². The van der Waals surface area contributed by atoms with E-state index in [1.807, 2.05) is 6.08 Å². The molecule has 0 unspecified atom stereocenters. The molecule has 0 saturated carbocycles. The maximum atomic E-state index is 4.00. The predicted molar refractivity (Wildman–Crippen MR) is 52.5 cm³/mol. The Morgan fingerprint density at radius 1 is 1.45 bits per heavy atom. The maximum Gasteiger partial charge on any atom is -0.0216 e. The van der Waals surface area contributed by atoms with Crippen LogP contribution >= 0.6 is 0 Å². The summed E-state index contributed by atoms with van der Waals surface area (Å²) in [6.45, 7) is 14.2. The van der Waals surface area contributed by atoms with E-state index in [-0.39, 0.29) is 0 Å². The Hall–Kier alpha value is -0.780. The minimum Gasteiger partial charge on any atom is -0.0991 e. The van der Waals surface area contributed by atoms with E-state index in [4.69, 9.17) is 0 Å². The van der Waals surface area contributed by atoms with Crippen LogP contribution in [0.4, 0.5) is 0 Å². The number of hydrogen-bond donors (Lipinski definition) is 0. The minimum atomic E-state index is 0.556. The molecule has 0 bridgehead atoms. The highest BCUT2D eigenvalue weighted by atomic mass is 14.1. The molecule has 0 aromatic carbocycles. The molecule has 0 atom stereocenters. The van der Waals surface area contributed by atoms with E-state index < -0.39 is 0 Å². The van der Waals surface area contributed by atoms with Gasteiger partial charge in [0.15, 0.2) is 0 Å². The molecule has 11 heavy (non-hydrogen) atoms. The Kier molecular flexibility index (Phi) is 4.60. The molecule has 0 spiro atoms. The zero-order chi connectivity index (χ0) is 8.85. The Labute approximate surface area is 70.3 Å². The lowest BCUT2D eigenvalue weighted by atomic mass is 9.94. The molecule has 0 heteroatoms. The zero-order valence-corrected chi connectivity index (χ0v) is 7.85. The highest BCUT2D eigenvalue weighted by Gasteiger charge is 2.03. The summed E-state index contributed by atoms with van der Waals surface area (Å²) in [5.41, 5.74) is 2.54. The van der Waals surface area contributed by atoms with Gasteiger partial charge < -0.3 is 0 Å². The van der Waals surface area contributed by atoms with Gasteiger partial charge in [0, 0.05) is 0 Å². The van der Waals surface area contributed by atoms with Crippen LogP contribution in [0.3, 0.4) is 0 Å². The lowest BCUT2D eigenvalue weighted by Gasteiger charge is -2.11. The molecule has 62 valence electrons. The standard InChI is InChI=1S/C11H18/c1-6-8-11(9(3)4)10(5)7-2/h6,8-9H,1,5,7H2,2-4H3/b11-8-. The van der Waals surface area contributed by atoms with E-state index in [0.29, 0.717) is 5.92 Å². The van der Waals surface area contributed by atoms with Crippen LogP contribution in [-0.2, 0) is 0 Å². The summed E-state index contributed by atoms with van der Waals surface area (Å²) < 4.78 is 0. The third kappa shape index (κ3) is 3.22. The Bertz CT molecular complexity index is 170. The molecular weight excluding hydrogens is 132 g/mol. The van der Waals surface area contributed by atoms with Crippen molar-refractivity contribution in [2.45, 2.75) is 27.2 Å². The van der Waals surface area contributed by atoms with E-state index in [0.717, 1.165) is 6.42 Å². The van der Waals surface area contributed by atoms with Crippen molar-refractivity contribution < 1.29 is 0 Å². The first-order chi connectivity index (χ1) is 5.13. The number of allylic oxidation sites excluding steroid dienone is 4. The fourth-order valence-corrected chi connectivity index (χ4v) is 1.05. The van der Waals surface area contributed by atoms with Crippen molar-refractivity contribution in [1.82, 2.24) is 0 Å². The molecule has 0 saturated heterocycles. The lowest BCUT2D eigenvalue weighted by molar-refractivity contribution is 0.768. The van der Waals surface area contributed by atoms with E-state index in [1.165, 1.54) is 11.1 Å². The largest absolute Gasteiger partial charge is 0.0991 e. The third-order valence-corrected chi connectivity index (χ3v) is 1.75. The van der Waals surface area contributed by atoms with Crippen LogP contribution in [0.15, 0.2) is 36.5 Å². The molecule has 0 radical (unpaired) electrons. The normalized spacial score (nSPS) is 11.8. The molecule has 0 nitrogen and oxygen atoms in total. The second kappa shape index (κ2) is 4.95. The van der Waals surface area contributed by atoms with Crippen molar-refractivity contribution in [3.8, 4) is 0 Å². The monoisotopic (exact) mass is 150 g/mol. The van der Waals surface area contributed by atoms with Crippen molar-refractivity contribution >= 4 is 0 Å². The van der Waals surface area contributed by atoms with Gasteiger partial charge in [-0.2, -0.15) is 0 Å². The van der Waals surface area contributed by atoms with Crippen LogP contribution in [-0.4, -0.2) is 0 Å². The minimum absolute atomic E-state index is 0.556. The van der Waals surface area contributed by atoms with E-state index in [9.17, 15) is 0 Å². The molecule has 0 heterocycles. The Morgan fingerprint density at radius 3 is 2.27 bits per heavy atom. The van der Waals surface area contributed by atoms with E-state index in [2.05, 4.69) is 40.0 Å². The van der Waals surface area contributed by atoms with Crippen LogP contribution in [0.5, 0.6) is 0 Å². The second-order valence-corrected chi connectivity index (χ2v) is 2.97. The molecule has 0 aromatic rings. The van der Waals surface area contributed by atoms with Crippen LogP contribution in [0, 0.1) is 5.92 Å².